The van der Waals surface area contributed by atoms with Crippen molar-refractivity contribution in [1.82, 2.24) is 9.88 Å². The van der Waals surface area contributed by atoms with Crippen LogP contribution in [0.3, 0.4) is 0 Å². The molecular weight excluding hydrogens is 361 g/mol. The Bertz CT molecular complexity index is 1060. The molecule has 28 heavy (non-hydrogen) atoms. The average molecular weight is 385 g/mol. The molecule has 0 amide bonds. The first-order chi connectivity index (χ1) is 13.4. The van der Waals surface area contributed by atoms with E-state index in [2.05, 4.69) is 10.2 Å². The van der Waals surface area contributed by atoms with Gasteiger partial charge < -0.3 is 19.9 Å². The molecule has 3 aliphatic heterocycles. The lowest BCUT2D eigenvalue weighted by molar-refractivity contribution is 0.0694. The summed E-state index contributed by atoms with van der Waals surface area (Å²) in [4.78, 5) is 26.4. The molecule has 2 saturated heterocycles. The van der Waals surface area contributed by atoms with Gasteiger partial charge in [0.1, 0.15) is 11.4 Å². The fourth-order valence-electron chi connectivity index (χ4n) is 5.40. The van der Waals surface area contributed by atoms with E-state index in [4.69, 9.17) is 0 Å². The standard InChI is InChI=1S/C21H24FN3O3/c1-12-2-3-13-17-14(19(26)15(20(27)28)9-25(12)17)8-16(22)18(13)24-7-5-21(11-24)4-6-23-10-21/h8-9,12,23H,2-7,10-11H2,1H3,(H,27,28). The van der Waals surface area contributed by atoms with Crippen molar-refractivity contribution in [3.05, 3.63) is 39.4 Å². The van der Waals surface area contributed by atoms with Crippen molar-refractivity contribution in [2.24, 2.45) is 5.41 Å². The first kappa shape index (κ1) is 17.7. The van der Waals surface area contributed by atoms with Crippen molar-refractivity contribution in [3.8, 4) is 0 Å². The van der Waals surface area contributed by atoms with Gasteiger partial charge in [-0.15, -0.1) is 0 Å². The number of anilines is 1. The highest BCUT2D eigenvalue weighted by atomic mass is 19.1. The summed E-state index contributed by atoms with van der Waals surface area (Å²) in [7, 11) is 0. The van der Waals surface area contributed by atoms with Gasteiger partial charge >= 0.3 is 5.97 Å². The maximum atomic E-state index is 15.3. The molecular formula is C21H24FN3O3. The first-order valence-electron chi connectivity index (χ1n) is 9.99. The van der Waals surface area contributed by atoms with Crippen molar-refractivity contribution in [3.63, 3.8) is 0 Å². The lowest BCUT2D eigenvalue weighted by Gasteiger charge is -2.32. The summed E-state index contributed by atoms with van der Waals surface area (Å²) < 4.78 is 17.2. The largest absolute Gasteiger partial charge is 0.477 e. The number of benzene rings is 1. The van der Waals surface area contributed by atoms with Crippen LogP contribution < -0.4 is 15.6 Å². The van der Waals surface area contributed by atoms with Crippen molar-refractivity contribution >= 4 is 22.6 Å². The van der Waals surface area contributed by atoms with Gasteiger partial charge in [-0.3, -0.25) is 4.79 Å². The van der Waals surface area contributed by atoms with E-state index in [1.165, 1.54) is 12.3 Å². The second-order valence-corrected chi connectivity index (χ2v) is 8.65. The van der Waals surface area contributed by atoms with E-state index in [0.717, 1.165) is 51.0 Å². The van der Waals surface area contributed by atoms with Crippen molar-refractivity contribution in [2.75, 3.05) is 31.1 Å². The minimum absolute atomic E-state index is 0.0657. The molecule has 1 aromatic carbocycles. The molecule has 0 saturated carbocycles. The predicted molar refractivity (Wildman–Crippen MR) is 105 cm³/mol. The molecule has 2 atom stereocenters. The second kappa shape index (κ2) is 6.04. The van der Waals surface area contributed by atoms with Gasteiger partial charge in [0.05, 0.1) is 11.2 Å². The summed E-state index contributed by atoms with van der Waals surface area (Å²) in [5, 5.41) is 13.0. The molecule has 0 radical (unpaired) electrons. The van der Waals surface area contributed by atoms with Crippen LogP contribution in [-0.4, -0.2) is 41.8 Å². The molecule has 2 fully saturated rings. The number of aryl methyl sites for hydroxylation is 1. The minimum Gasteiger partial charge on any atom is -0.477 e. The zero-order valence-corrected chi connectivity index (χ0v) is 15.9. The van der Waals surface area contributed by atoms with E-state index in [-0.39, 0.29) is 22.4 Å². The van der Waals surface area contributed by atoms with Gasteiger partial charge in [0.15, 0.2) is 0 Å². The maximum absolute atomic E-state index is 15.3. The monoisotopic (exact) mass is 385 g/mol. The molecule has 1 aromatic heterocycles. The highest BCUT2D eigenvalue weighted by Crippen LogP contribution is 2.43. The normalized spacial score (nSPS) is 26.5. The number of hydrogen-bond acceptors (Lipinski definition) is 4. The summed E-state index contributed by atoms with van der Waals surface area (Å²) in [5.74, 6) is -1.68. The molecule has 7 heteroatoms. The number of halogens is 1. The zero-order chi connectivity index (χ0) is 19.6. The van der Waals surface area contributed by atoms with Gasteiger partial charge in [0, 0.05) is 48.2 Å². The molecule has 6 nitrogen and oxygen atoms in total. The lowest BCUT2D eigenvalue weighted by Crippen LogP contribution is -2.31. The lowest BCUT2D eigenvalue weighted by atomic mass is 9.86. The number of aromatic carboxylic acids is 1. The Morgan fingerprint density at radius 1 is 1.39 bits per heavy atom. The quantitative estimate of drug-likeness (QED) is 0.831. The molecule has 3 aliphatic rings. The molecule has 2 aromatic rings. The summed E-state index contributed by atoms with van der Waals surface area (Å²) in [6.45, 7) is 5.62. The van der Waals surface area contributed by atoms with Crippen LogP contribution in [0.15, 0.2) is 17.1 Å². The molecule has 0 bridgehead atoms. The molecule has 4 heterocycles. The Balaban J connectivity index is 1.73. The summed E-state index contributed by atoms with van der Waals surface area (Å²) in [6, 6.07) is 1.33. The number of carboxylic acid groups (broad SMARTS) is 1. The van der Waals surface area contributed by atoms with Crippen LogP contribution in [-0.2, 0) is 6.42 Å². The number of rotatable bonds is 2. The van der Waals surface area contributed by atoms with E-state index >= 15 is 4.39 Å². The summed E-state index contributed by atoms with van der Waals surface area (Å²) in [6.07, 6.45) is 5.07. The van der Waals surface area contributed by atoms with Crippen LogP contribution in [0, 0.1) is 11.2 Å². The van der Waals surface area contributed by atoms with E-state index < -0.39 is 17.2 Å². The number of nitrogens with one attached hydrogen (secondary N) is 1. The van der Waals surface area contributed by atoms with Crippen LogP contribution >= 0.6 is 0 Å². The number of hydrogen-bond donors (Lipinski definition) is 2. The maximum Gasteiger partial charge on any atom is 0.341 e. The molecule has 1 spiro atoms. The fourth-order valence-corrected chi connectivity index (χ4v) is 5.40. The SMILES string of the molecule is CC1CCc2c(N3CCC4(CCNC4)C3)c(F)cc3c(=O)c(C(=O)O)cn1c23. The molecule has 0 aliphatic carbocycles. The molecule has 2 unspecified atom stereocenters. The average Bonchev–Trinajstić information content (AvgIpc) is 3.29. The van der Waals surface area contributed by atoms with E-state index in [1.807, 2.05) is 11.5 Å². The molecule has 5 rings (SSSR count). The number of pyridine rings is 1. The van der Waals surface area contributed by atoms with Gasteiger partial charge in [0.2, 0.25) is 5.43 Å². The molecule has 2 N–H and O–H groups in total. The first-order valence-corrected chi connectivity index (χ1v) is 9.99. The Kier molecular flexibility index (Phi) is 3.81. The highest BCUT2D eigenvalue weighted by Gasteiger charge is 2.42. The summed E-state index contributed by atoms with van der Waals surface area (Å²) >= 11 is 0. The van der Waals surface area contributed by atoms with Crippen molar-refractivity contribution in [2.45, 2.75) is 38.6 Å². The van der Waals surface area contributed by atoms with Crippen LogP contribution in [0.25, 0.3) is 10.9 Å². The Morgan fingerprint density at radius 3 is 2.93 bits per heavy atom. The summed E-state index contributed by atoms with van der Waals surface area (Å²) in [5.41, 5.74) is 1.48. The van der Waals surface area contributed by atoms with Gasteiger partial charge in [0.25, 0.3) is 0 Å². The smallest absolute Gasteiger partial charge is 0.341 e. The van der Waals surface area contributed by atoms with Crippen LogP contribution in [0.1, 0.15) is 48.1 Å². The van der Waals surface area contributed by atoms with Gasteiger partial charge in [-0.25, -0.2) is 9.18 Å². The third-order valence-corrected chi connectivity index (χ3v) is 6.94. The topological polar surface area (TPSA) is 74.6 Å². The number of nitrogens with zero attached hydrogens (tertiary/aromatic N) is 2. The Labute approximate surface area is 161 Å². The van der Waals surface area contributed by atoms with Gasteiger partial charge in [-0.1, -0.05) is 0 Å². The van der Waals surface area contributed by atoms with Crippen molar-refractivity contribution in [1.29, 1.82) is 0 Å². The molecule has 148 valence electrons. The number of aromatic nitrogens is 1. The van der Waals surface area contributed by atoms with Gasteiger partial charge in [-0.05, 0) is 45.2 Å². The van der Waals surface area contributed by atoms with E-state index in [9.17, 15) is 14.7 Å². The van der Waals surface area contributed by atoms with Crippen LogP contribution in [0.2, 0.25) is 0 Å². The number of carbonyl (C=O) groups is 1. The van der Waals surface area contributed by atoms with Gasteiger partial charge in [-0.2, -0.15) is 0 Å². The van der Waals surface area contributed by atoms with Crippen molar-refractivity contribution < 1.29 is 14.3 Å². The zero-order valence-electron chi connectivity index (χ0n) is 15.9. The predicted octanol–water partition coefficient (Wildman–Crippen LogP) is 2.54. The number of carboxylic acids is 1. The fraction of sp³-hybridized carbons (Fsp3) is 0.524. The van der Waals surface area contributed by atoms with Crippen LogP contribution in [0.5, 0.6) is 0 Å². The van der Waals surface area contributed by atoms with Crippen LogP contribution in [0.4, 0.5) is 10.1 Å². The second-order valence-electron chi connectivity index (χ2n) is 8.65. The van der Waals surface area contributed by atoms with E-state index in [0.29, 0.717) is 17.6 Å². The minimum atomic E-state index is -1.27. The highest BCUT2D eigenvalue weighted by molar-refractivity contribution is 5.95. The third-order valence-electron chi connectivity index (χ3n) is 6.94. The van der Waals surface area contributed by atoms with E-state index in [1.54, 1.807) is 0 Å². The third kappa shape index (κ3) is 2.42. The Morgan fingerprint density at radius 2 is 2.21 bits per heavy atom. The Hall–Kier alpha value is -2.41.